The lowest BCUT2D eigenvalue weighted by atomic mass is 10.2. The molecule has 0 saturated carbocycles. The van der Waals surface area contributed by atoms with Crippen molar-refractivity contribution in [2.45, 2.75) is 23.6 Å². The number of rotatable bonds is 4. The topological polar surface area (TPSA) is 95.9 Å². The summed E-state index contributed by atoms with van der Waals surface area (Å²) in [6.07, 6.45) is 0. The summed E-state index contributed by atoms with van der Waals surface area (Å²) < 4.78 is 54.4. The van der Waals surface area contributed by atoms with E-state index in [4.69, 9.17) is 0 Å². The number of sulfonamides is 2. The van der Waals surface area contributed by atoms with Gasteiger partial charge in [-0.15, -0.1) is 8.81 Å². The maximum atomic E-state index is 12.8. The maximum Gasteiger partial charge on any atom is 0.285 e. The molecule has 9 heteroatoms. The third kappa shape index (κ3) is 3.17. The van der Waals surface area contributed by atoms with Crippen molar-refractivity contribution in [2.75, 3.05) is 6.54 Å². The van der Waals surface area contributed by atoms with Crippen LogP contribution < -0.4 is 5.43 Å². The number of benzene rings is 2. The van der Waals surface area contributed by atoms with Crippen LogP contribution in [0.4, 0.5) is 0 Å². The van der Waals surface area contributed by atoms with E-state index in [0.29, 0.717) is 5.56 Å². The van der Waals surface area contributed by atoms with Crippen LogP contribution in [0.25, 0.3) is 0 Å². The second-order valence-electron chi connectivity index (χ2n) is 5.51. The molecular weight excluding hydrogens is 362 g/mol. The molecule has 0 aliphatic carbocycles. The summed E-state index contributed by atoms with van der Waals surface area (Å²) in [5, 5.41) is 0. The first-order chi connectivity index (χ1) is 11.8. The molecule has 0 fully saturated rings. The Labute approximate surface area is 147 Å². The Balaban J connectivity index is 1.97. The van der Waals surface area contributed by atoms with Crippen molar-refractivity contribution in [3.8, 4) is 0 Å². The smallest absolute Gasteiger partial charge is 0.285 e. The van der Waals surface area contributed by atoms with Gasteiger partial charge in [0.15, 0.2) is 5.84 Å². The molecular formula is C16H17N3O4S2. The number of nitrogens with zero attached hydrogens (tertiary/aromatic N) is 2. The Bertz CT molecular complexity index is 1040. The average Bonchev–Trinajstić information content (AvgIpc) is 2.84. The summed E-state index contributed by atoms with van der Waals surface area (Å²) in [6, 6.07) is 12.7. The van der Waals surface area contributed by atoms with E-state index >= 15 is 0 Å². The van der Waals surface area contributed by atoms with Crippen molar-refractivity contribution < 1.29 is 16.8 Å². The standard InChI is InChI=1S/C16H17N3O4S2/c1-3-19(25(22,23)13-10-8-12(2)9-11-13)17-16-14-6-4-5-7-15(14)24(20,21)18-16/h4-11H,3H2,1-2H3,(H,17,18). The summed E-state index contributed by atoms with van der Waals surface area (Å²) in [5.41, 5.74) is 3.93. The van der Waals surface area contributed by atoms with Crippen LogP contribution in [0.3, 0.4) is 0 Å². The van der Waals surface area contributed by atoms with Crippen LogP contribution >= 0.6 is 0 Å². The van der Waals surface area contributed by atoms with Gasteiger partial charge in [-0.05, 0) is 38.1 Å². The lowest BCUT2D eigenvalue weighted by molar-refractivity contribution is 0.394. The third-order valence-corrected chi connectivity index (χ3v) is 6.89. The van der Waals surface area contributed by atoms with Gasteiger partial charge in [-0.1, -0.05) is 29.8 Å². The van der Waals surface area contributed by atoms with Gasteiger partial charge >= 0.3 is 0 Å². The van der Waals surface area contributed by atoms with Gasteiger partial charge in [0.25, 0.3) is 20.0 Å². The van der Waals surface area contributed by atoms with Crippen molar-refractivity contribution in [3.63, 3.8) is 0 Å². The van der Waals surface area contributed by atoms with Gasteiger partial charge in [0.05, 0.1) is 4.90 Å². The van der Waals surface area contributed by atoms with E-state index in [1.165, 1.54) is 18.2 Å². The lowest BCUT2D eigenvalue weighted by Gasteiger charge is -2.22. The lowest BCUT2D eigenvalue weighted by Crippen LogP contribution is -2.45. The van der Waals surface area contributed by atoms with Crippen LogP contribution in [0, 0.1) is 6.92 Å². The fourth-order valence-electron chi connectivity index (χ4n) is 2.45. The van der Waals surface area contributed by atoms with Crippen LogP contribution in [0.15, 0.2) is 62.7 Å². The Morgan fingerprint density at radius 3 is 2.36 bits per heavy atom. The molecule has 2 aromatic carbocycles. The van der Waals surface area contributed by atoms with Crippen molar-refractivity contribution in [1.82, 2.24) is 9.84 Å². The number of hydrazine groups is 1. The van der Waals surface area contributed by atoms with E-state index in [2.05, 4.69) is 9.82 Å². The summed E-state index contributed by atoms with van der Waals surface area (Å²) in [6.45, 7) is 3.60. The monoisotopic (exact) mass is 379 g/mol. The molecule has 1 N–H and O–H groups in total. The molecule has 2 aromatic rings. The van der Waals surface area contributed by atoms with Gasteiger partial charge < -0.3 is 0 Å². The highest BCUT2D eigenvalue weighted by Crippen LogP contribution is 2.25. The molecule has 0 aromatic heterocycles. The maximum absolute atomic E-state index is 12.8. The quantitative estimate of drug-likeness (QED) is 0.815. The van der Waals surface area contributed by atoms with Gasteiger partial charge in [-0.25, -0.2) is 8.42 Å². The number of nitrogens with one attached hydrogen (secondary N) is 1. The van der Waals surface area contributed by atoms with E-state index in [1.807, 2.05) is 6.92 Å². The first kappa shape index (κ1) is 17.6. The van der Waals surface area contributed by atoms with Crippen LogP contribution in [-0.2, 0) is 20.0 Å². The third-order valence-electron chi connectivity index (χ3n) is 3.76. The average molecular weight is 379 g/mol. The molecule has 0 saturated heterocycles. The summed E-state index contributed by atoms with van der Waals surface area (Å²) in [7, 11) is -7.67. The van der Waals surface area contributed by atoms with Crippen LogP contribution in [-0.4, -0.2) is 33.6 Å². The molecule has 0 bridgehead atoms. The zero-order chi connectivity index (χ0) is 18.2. The second-order valence-corrected chi connectivity index (χ2v) is 8.94. The SMILES string of the molecule is CCN(NC1=NS(=O)(=O)c2ccccc21)S(=O)(=O)c1ccc(C)cc1. The number of amidine groups is 1. The molecule has 0 atom stereocenters. The molecule has 1 aliphatic rings. The first-order valence-corrected chi connectivity index (χ1v) is 10.4. The Morgan fingerprint density at radius 1 is 1.08 bits per heavy atom. The van der Waals surface area contributed by atoms with Gasteiger partial charge in [-0.2, -0.15) is 8.42 Å². The minimum atomic E-state index is -3.85. The van der Waals surface area contributed by atoms with Gasteiger partial charge in [0, 0.05) is 12.1 Å². The first-order valence-electron chi connectivity index (χ1n) is 7.56. The molecule has 7 nitrogen and oxygen atoms in total. The molecule has 0 unspecified atom stereocenters. The van der Waals surface area contributed by atoms with E-state index in [1.54, 1.807) is 37.3 Å². The molecule has 0 amide bonds. The molecule has 3 rings (SSSR count). The predicted octanol–water partition coefficient (Wildman–Crippen LogP) is 1.66. The molecule has 0 spiro atoms. The fourth-order valence-corrected chi connectivity index (χ4v) is 4.90. The number of hydrogen-bond acceptors (Lipinski definition) is 5. The molecule has 1 heterocycles. The van der Waals surface area contributed by atoms with Gasteiger partial charge in [0.2, 0.25) is 0 Å². The predicted molar refractivity (Wildman–Crippen MR) is 94.0 cm³/mol. The summed E-state index contributed by atoms with van der Waals surface area (Å²) in [4.78, 5) is 0.170. The van der Waals surface area contributed by atoms with Crippen molar-refractivity contribution >= 4 is 25.9 Å². The Morgan fingerprint density at radius 2 is 1.72 bits per heavy atom. The summed E-state index contributed by atoms with van der Waals surface area (Å²) >= 11 is 0. The van der Waals surface area contributed by atoms with E-state index in [9.17, 15) is 16.8 Å². The minimum Gasteiger partial charge on any atom is -0.288 e. The highest BCUT2D eigenvalue weighted by atomic mass is 32.2. The van der Waals surface area contributed by atoms with Crippen molar-refractivity contribution in [1.29, 1.82) is 0 Å². The van der Waals surface area contributed by atoms with Crippen molar-refractivity contribution in [2.24, 2.45) is 4.40 Å². The van der Waals surface area contributed by atoms with E-state index < -0.39 is 20.0 Å². The minimum absolute atomic E-state index is 0.00635. The normalized spacial score (nSPS) is 15.7. The van der Waals surface area contributed by atoms with E-state index in [0.717, 1.165) is 9.98 Å². The van der Waals surface area contributed by atoms with Crippen LogP contribution in [0.5, 0.6) is 0 Å². The fraction of sp³-hybridized carbons (Fsp3) is 0.188. The Kier molecular flexibility index (Phi) is 4.40. The zero-order valence-electron chi connectivity index (χ0n) is 13.7. The molecule has 0 radical (unpaired) electrons. The number of hydrogen-bond donors (Lipinski definition) is 1. The number of aryl methyl sites for hydroxylation is 1. The van der Waals surface area contributed by atoms with Crippen LogP contribution in [0.2, 0.25) is 0 Å². The number of fused-ring (bicyclic) bond motifs is 1. The highest BCUT2D eigenvalue weighted by molar-refractivity contribution is 7.91. The highest BCUT2D eigenvalue weighted by Gasteiger charge is 2.32. The summed E-state index contributed by atoms with van der Waals surface area (Å²) in [5.74, 6) is -0.00635. The second kappa shape index (κ2) is 6.25. The van der Waals surface area contributed by atoms with Gasteiger partial charge in [-0.3, -0.25) is 5.43 Å². The molecule has 132 valence electrons. The Hall–Kier alpha value is -2.23. The largest absolute Gasteiger partial charge is 0.288 e. The van der Waals surface area contributed by atoms with Crippen molar-refractivity contribution in [3.05, 3.63) is 59.7 Å². The van der Waals surface area contributed by atoms with Crippen LogP contribution in [0.1, 0.15) is 18.1 Å². The van der Waals surface area contributed by atoms with Gasteiger partial charge in [0.1, 0.15) is 4.90 Å². The van der Waals surface area contributed by atoms with E-state index in [-0.39, 0.29) is 22.2 Å². The molecule has 25 heavy (non-hydrogen) atoms. The zero-order valence-corrected chi connectivity index (χ0v) is 15.3. The molecule has 1 aliphatic heterocycles.